The van der Waals surface area contributed by atoms with E-state index in [0.717, 1.165) is 33.9 Å². The molecule has 1 spiro atoms. The maximum absolute atomic E-state index is 2.77. The Labute approximate surface area is 714 Å². The minimum Gasteiger partial charge on any atom is -0.376 e. The van der Waals surface area contributed by atoms with Crippen LogP contribution in [-0.2, 0) is 16.2 Å². The number of hydrogen-bond acceptors (Lipinski definition) is 4. The van der Waals surface area contributed by atoms with Crippen LogP contribution in [0.2, 0.25) is 0 Å². The topological polar surface area (TPSA) is 13.0 Å². The molecule has 0 fully saturated rings. The van der Waals surface area contributed by atoms with E-state index in [0.29, 0.717) is 0 Å². The molecule has 25 rings (SSSR count). The highest BCUT2D eigenvalue weighted by atomic mass is 15.2. The zero-order chi connectivity index (χ0) is 81.0. The minimum atomic E-state index is -0.725. The van der Waals surface area contributed by atoms with E-state index in [1.54, 1.807) is 0 Å². The lowest BCUT2D eigenvalue weighted by atomic mass is 9.42. The number of rotatable bonds is 9. The third-order valence-corrected chi connectivity index (χ3v) is 28.1. The average Bonchev–Trinajstić information content (AvgIpc) is 1.30. The van der Waals surface area contributed by atoms with Crippen LogP contribution in [0, 0.1) is 13.8 Å². The predicted molar refractivity (Wildman–Crippen MR) is 512 cm³/mol. The Hall–Kier alpha value is -14.7. The van der Waals surface area contributed by atoms with Crippen LogP contribution in [0.4, 0.5) is 56.9 Å². The molecule has 18 aromatic carbocycles. The van der Waals surface area contributed by atoms with Gasteiger partial charge in [-0.05, 0) is 260 Å². The lowest BCUT2D eigenvalue weighted by molar-refractivity contribution is 0.590. The zero-order valence-corrected chi connectivity index (χ0v) is 68.6. The van der Waals surface area contributed by atoms with Crippen LogP contribution in [0.3, 0.4) is 0 Å². The number of anilines is 10. The first kappa shape index (κ1) is 70.3. The average molecular weight is 1550 g/mol. The Balaban J connectivity index is 0.733. The Kier molecular flexibility index (Phi) is 15.2. The smallest absolute Gasteiger partial charge is 0.333 e. The molecule has 0 saturated heterocycles. The summed E-state index contributed by atoms with van der Waals surface area (Å²) in [5.74, 6) is 0. The van der Waals surface area contributed by atoms with Crippen molar-refractivity contribution < 1.29 is 0 Å². The molecule has 1 unspecified atom stereocenters. The molecule has 0 N–H and O–H groups in total. The van der Waals surface area contributed by atoms with Gasteiger partial charge in [-0.3, -0.25) is 0 Å². The van der Waals surface area contributed by atoms with Gasteiger partial charge in [-0.1, -0.05) is 342 Å². The van der Waals surface area contributed by atoms with Crippen LogP contribution in [0.25, 0.3) is 89.0 Å². The van der Waals surface area contributed by atoms with Gasteiger partial charge in [0, 0.05) is 67.9 Å². The second-order valence-electron chi connectivity index (χ2n) is 35.3. The van der Waals surface area contributed by atoms with Gasteiger partial charge in [0.25, 0.3) is 0 Å². The van der Waals surface area contributed by atoms with Gasteiger partial charge in [-0.15, -0.1) is 0 Å². The van der Waals surface area contributed by atoms with E-state index < -0.39 is 10.8 Å². The molecule has 0 bridgehead atoms. The summed E-state index contributed by atoms with van der Waals surface area (Å²) in [6.07, 6.45) is 0. The molecular weight excluding hydrogens is 1470 g/mol. The van der Waals surface area contributed by atoms with E-state index in [1.807, 2.05) is 0 Å². The molecule has 6 heterocycles. The second kappa shape index (κ2) is 26.4. The summed E-state index contributed by atoms with van der Waals surface area (Å²) in [7, 11) is 0. The van der Waals surface area contributed by atoms with Crippen LogP contribution in [0.5, 0.6) is 0 Å². The maximum atomic E-state index is 2.77. The van der Waals surface area contributed by atoms with Gasteiger partial charge in [0.1, 0.15) is 0 Å². The maximum Gasteiger partial charge on any atom is 0.333 e. The second-order valence-corrected chi connectivity index (χ2v) is 35.3. The van der Waals surface area contributed by atoms with Gasteiger partial charge >= 0.3 is 13.7 Å². The fraction of sp³-hybridized carbons (Fsp3) is 0.0690. The van der Waals surface area contributed by atoms with E-state index in [9.17, 15) is 0 Å². The Morgan fingerprint density at radius 1 is 0.230 bits per heavy atom. The predicted octanol–water partition coefficient (Wildman–Crippen LogP) is 26.7. The molecule has 122 heavy (non-hydrogen) atoms. The summed E-state index contributed by atoms with van der Waals surface area (Å²) in [4.78, 5) is 10.7. The van der Waals surface area contributed by atoms with E-state index in [2.05, 4.69) is 460 Å². The number of nitrogens with zero attached hydrogens (tertiary/aromatic N) is 4. The molecule has 6 aliphatic heterocycles. The number of hydrogen-bond donors (Lipinski definition) is 0. The summed E-state index contributed by atoms with van der Waals surface area (Å²) in [5, 5.41) is 0. The van der Waals surface area contributed by atoms with Crippen molar-refractivity contribution in [3.8, 4) is 89.0 Å². The molecule has 4 nitrogen and oxygen atoms in total. The fourth-order valence-electron chi connectivity index (χ4n) is 22.9. The van der Waals surface area contributed by atoms with E-state index in [4.69, 9.17) is 0 Å². The highest BCUT2D eigenvalue weighted by Gasteiger charge is 2.58. The van der Waals surface area contributed by atoms with Crippen molar-refractivity contribution in [2.45, 2.75) is 50.9 Å². The first-order valence-electron chi connectivity index (χ1n) is 43.1. The molecule has 1 atom stereocenters. The van der Waals surface area contributed by atoms with Crippen molar-refractivity contribution in [3.63, 3.8) is 0 Å². The SMILES string of the molecule is Cc1ccccc1-c1cc2c3c(c1)N(c1ccccc1)c1ccccc1B3N1c3ccccc3C3(c4ccccc4-c4ccc(-c5ccc(C)c(-c6cc7c8c(c6)N(c6ccc(C(C)(C)C)cc6-c6ccccc6)c6ccc(-c9ccccc9)cc6B8N6c8ccccc8C(c8ccccc8)(c8ccccc8)c8cccc-7c86)c5)cc43)c3cccc-2c31. The van der Waals surface area contributed by atoms with Gasteiger partial charge in [-0.2, -0.15) is 0 Å². The highest BCUT2D eigenvalue weighted by Crippen LogP contribution is 2.67. The first-order chi connectivity index (χ1) is 60.0. The Bertz CT molecular complexity index is 7400. The lowest BCUT2D eigenvalue weighted by Gasteiger charge is -2.53. The van der Waals surface area contributed by atoms with Crippen LogP contribution < -0.4 is 41.3 Å². The monoisotopic (exact) mass is 1550 g/mol. The molecule has 0 aromatic heterocycles. The molecule has 1 aliphatic carbocycles. The van der Waals surface area contributed by atoms with Crippen molar-refractivity contribution in [1.29, 1.82) is 0 Å². The fourth-order valence-corrected chi connectivity index (χ4v) is 22.9. The summed E-state index contributed by atoms with van der Waals surface area (Å²) >= 11 is 0. The lowest BCUT2D eigenvalue weighted by Crippen LogP contribution is -2.63. The molecule has 7 aliphatic rings. The van der Waals surface area contributed by atoms with E-state index >= 15 is 0 Å². The number of para-hydroxylation sites is 6. The quantitative estimate of drug-likeness (QED) is 0.134. The number of aryl methyl sites for hydroxylation is 2. The van der Waals surface area contributed by atoms with Gasteiger partial charge < -0.3 is 19.4 Å². The molecule has 6 heteroatoms. The van der Waals surface area contributed by atoms with Gasteiger partial charge in [0.15, 0.2) is 0 Å². The van der Waals surface area contributed by atoms with Crippen molar-refractivity contribution in [2.24, 2.45) is 0 Å². The Morgan fingerprint density at radius 3 is 1.32 bits per heavy atom. The standard InChI is InChI=1S/C116H82B2N4/c1-73-33-21-22-44-86(73)80-66-93-90-47-32-52-99-113(90)121(117-101-53-27-30-56-106(101)119(108(70-80)110(93)117)85-42-19-10-20-43-85)105-55-29-26-50-97(105)116(99)95-48-24-23-45-87(95)88-62-59-78(68-100(88)116)77-58-57-74(2)91(65-77)81-67-94-89-46-31-51-98-112(89)122(104-54-28-25-49-96(104)115(98,82-38-15-8-16-39-82)83-40-17-9-18-41-83)118-102-69-79(75-34-11-6-12-35-75)60-63-107(102)120(109(71-81)111(94)118)103-64-61-84(114(3,4)5)72-92(103)76-36-13-7-14-37-76/h6-72H,1-5H3. The first-order valence-corrected chi connectivity index (χ1v) is 43.1. The van der Waals surface area contributed by atoms with Crippen LogP contribution >= 0.6 is 0 Å². The van der Waals surface area contributed by atoms with Gasteiger partial charge in [0.2, 0.25) is 0 Å². The number of benzene rings is 18. The highest BCUT2D eigenvalue weighted by molar-refractivity contribution is 6.94. The molecular formula is C116H82B2N4. The molecule has 0 amide bonds. The Morgan fingerprint density at radius 2 is 0.672 bits per heavy atom. The van der Waals surface area contributed by atoms with Crippen molar-refractivity contribution >= 4 is 92.4 Å². The zero-order valence-electron chi connectivity index (χ0n) is 68.6. The van der Waals surface area contributed by atoms with Gasteiger partial charge in [-0.25, -0.2) is 0 Å². The van der Waals surface area contributed by atoms with Gasteiger partial charge in [0.05, 0.1) is 16.5 Å². The summed E-state index contributed by atoms with van der Waals surface area (Å²) < 4.78 is 0. The molecule has 18 aromatic rings. The minimum absolute atomic E-state index is 0.122. The largest absolute Gasteiger partial charge is 0.376 e. The summed E-state index contributed by atoms with van der Waals surface area (Å²) in [6.45, 7) is 11.2. The van der Waals surface area contributed by atoms with Crippen molar-refractivity contribution in [1.82, 2.24) is 0 Å². The molecule has 572 valence electrons. The summed E-state index contributed by atoms with van der Waals surface area (Å²) in [6, 6.07) is 156. The third kappa shape index (κ3) is 9.77. The van der Waals surface area contributed by atoms with Crippen LogP contribution in [-0.4, -0.2) is 13.7 Å². The van der Waals surface area contributed by atoms with Crippen LogP contribution in [0.15, 0.2) is 406 Å². The van der Waals surface area contributed by atoms with E-state index in [1.165, 1.54) is 195 Å². The normalized spacial score (nSPS) is 15.1. The van der Waals surface area contributed by atoms with Crippen molar-refractivity contribution in [2.75, 3.05) is 19.4 Å². The van der Waals surface area contributed by atoms with Crippen molar-refractivity contribution in [3.05, 3.63) is 468 Å². The third-order valence-electron chi connectivity index (χ3n) is 28.1. The summed E-state index contributed by atoms with van der Waals surface area (Å²) in [5.41, 5.74) is 48.7. The number of fused-ring (bicyclic) bond motifs is 19. The van der Waals surface area contributed by atoms with E-state index in [-0.39, 0.29) is 19.1 Å². The molecule has 0 saturated carbocycles. The van der Waals surface area contributed by atoms with Crippen LogP contribution in [0.1, 0.15) is 82.0 Å². The molecule has 0 radical (unpaired) electrons.